The lowest BCUT2D eigenvalue weighted by Crippen LogP contribution is -2.31. The third kappa shape index (κ3) is 6.36. The van der Waals surface area contributed by atoms with Crippen molar-refractivity contribution in [3.63, 3.8) is 0 Å². The number of para-hydroxylation sites is 2. The second-order valence-electron chi connectivity index (χ2n) is 11.5. The number of aryl methyl sites for hydroxylation is 1. The van der Waals surface area contributed by atoms with Crippen LogP contribution in [0.25, 0.3) is 27.9 Å². The number of rotatable bonds is 9. The second-order valence-corrected chi connectivity index (χ2v) is 12.5. The molecule has 0 radical (unpaired) electrons. The molecule has 1 saturated heterocycles. The molecule has 2 amide bonds. The molecule has 238 valence electrons. The average molecular weight is 655 g/mol. The van der Waals surface area contributed by atoms with Gasteiger partial charge >= 0.3 is 0 Å². The zero-order chi connectivity index (χ0) is 33.2. The normalized spacial score (nSPS) is 14.9. The number of benzene rings is 4. The Hall–Kier alpha value is -5.94. The molecule has 10 nitrogen and oxygen atoms in total. The second kappa shape index (κ2) is 13.0. The van der Waals surface area contributed by atoms with E-state index in [0.29, 0.717) is 28.7 Å². The molecule has 0 unspecified atom stereocenters. The van der Waals surface area contributed by atoms with E-state index in [-0.39, 0.29) is 24.0 Å². The lowest BCUT2D eigenvalue weighted by Gasteiger charge is -2.15. The number of anilines is 1. The predicted molar refractivity (Wildman–Crippen MR) is 191 cm³/mol. The number of carbonyl (C=O) groups is 2. The van der Waals surface area contributed by atoms with Gasteiger partial charge in [-0.3, -0.25) is 24.6 Å². The van der Waals surface area contributed by atoms with E-state index >= 15 is 0 Å². The van der Waals surface area contributed by atoms with Crippen molar-refractivity contribution in [2.45, 2.75) is 19.9 Å². The van der Waals surface area contributed by atoms with Crippen LogP contribution in [0.3, 0.4) is 0 Å². The number of fused-ring (bicyclic) bond motifs is 2. The zero-order valence-corrected chi connectivity index (χ0v) is 26.7. The highest BCUT2D eigenvalue weighted by Gasteiger charge is 2.33. The van der Waals surface area contributed by atoms with Crippen molar-refractivity contribution in [3.05, 3.63) is 141 Å². The van der Waals surface area contributed by atoms with Crippen molar-refractivity contribution in [1.29, 1.82) is 0 Å². The average Bonchev–Trinajstić information content (AvgIpc) is 3.75. The number of nitrogens with zero attached hydrogens (tertiary/aromatic N) is 4. The highest BCUT2D eigenvalue weighted by Crippen LogP contribution is 2.36. The van der Waals surface area contributed by atoms with Gasteiger partial charge in [-0.1, -0.05) is 54.1 Å². The summed E-state index contributed by atoms with van der Waals surface area (Å²) in [7, 11) is 0. The van der Waals surface area contributed by atoms with Crippen LogP contribution in [0.2, 0.25) is 0 Å². The number of amidine groups is 1. The van der Waals surface area contributed by atoms with Crippen molar-refractivity contribution in [2.24, 2.45) is 4.99 Å². The molecule has 7 rings (SSSR count). The van der Waals surface area contributed by atoms with Crippen LogP contribution in [0.1, 0.15) is 16.7 Å². The summed E-state index contributed by atoms with van der Waals surface area (Å²) in [6.07, 6.45) is 6.30. The number of amides is 2. The Labute approximate surface area is 279 Å². The quantitative estimate of drug-likeness (QED) is 0.0934. The van der Waals surface area contributed by atoms with Gasteiger partial charge < -0.3 is 14.9 Å². The van der Waals surface area contributed by atoms with Crippen LogP contribution in [0.5, 0.6) is 0 Å². The lowest BCUT2D eigenvalue weighted by molar-refractivity contribution is -0.384. The summed E-state index contributed by atoms with van der Waals surface area (Å²) in [6.45, 7) is 2.48. The Bertz CT molecular complexity index is 2250. The van der Waals surface area contributed by atoms with Gasteiger partial charge in [0.2, 0.25) is 5.91 Å². The third-order valence-corrected chi connectivity index (χ3v) is 9.21. The lowest BCUT2D eigenvalue weighted by atomic mass is 10.1. The van der Waals surface area contributed by atoms with Gasteiger partial charge in [0.1, 0.15) is 6.54 Å². The summed E-state index contributed by atoms with van der Waals surface area (Å²) in [5.74, 6) is -0.347. The van der Waals surface area contributed by atoms with Crippen molar-refractivity contribution < 1.29 is 14.5 Å². The number of hydrogen-bond acceptors (Lipinski definition) is 6. The molecule has 11 heteroatoms. The summed E-state index contributed by atoms with van der Waals surface area (Å²) in [4.78, 5) is 48.0. The number of hydrogen-bond donors (Lipinski definition) is 2. The van der Waals surface area contributed by atoms with Crippen LogP contribution in [0.4, 0.5) is 17.1 Å². The van der Waals surface area contributed by atoms with E-state index < -0.39 is 4.92 Å². The van der Waals surface area contributed by atoms with Crippen LogP contribution in [0.15, 0.2) is 119 Å². The molecule has 0 spiro atoms. The fourth-order valence-corrected chi connectivity index (χ4v) is 6.79. The molecule has 0 aliphatic carbocycles. The number of aliphatic imine (C=N–C) groups is 1. The number of nitro benzene ring substituents is 1. The number of non-ortho nitro benzene ring substituents is 1. The Kier molecular flexibility index (Phi) is 8.35. The maximum Gasteiger partial charge on any atom is 0.269 e. The van der Waals surface area contributed by atoms with Crippen molar-refractivity contribution in [3.8, 4) is 0 Å². The number of nitro groups is 1. The number of aromatic nitrogens is 2. The standard InChI is InChI=1S/C37H30N6O4S/c1-24-10-12-27(13-11-24)39-35(44)23-41-22-26(31-7-3-5-9-33(31)41)20-34-36(45)42(19-18-25-21-38-32-8-4-2-6-30(25)32)37(48-34)40-28-14-16-29(17-15-28)43(46)47/h2-17,20-22,38H,18-19,23H2,1H3,(H,39,44)/b34-20-,40-37?. The van der Waals surface area contributed by atoms with E-state index in [1.165, 1.54) is 23.9 Å². The molecular weight excluding hydrogens is 625 g/mol. The largest absolute Gasteiger partial charge is 0.361 e. The molecule has 1 aliphatic heterocycles. The van der Waals surface area contributed by atoms with Crippen LogP contribution in [-0.4, -0.2) is 42.9 Å². The Morgan fingerprint density at radius 1 is 0.979 bits per heavy atom. The van der Waals surface area contributed by atoms with Crippen molar-refractivity contribution in [1.82, 2.24) is 14.5 Å². The minimum absolute atomic E-state index is 0.0326. The van der Waals surface area contributed by atoms with E-state index in [1.807, 2.05) is 96.7 Å². The van der Waals surface area contributed by atoms with E-state index in [0.717, 1.165) is 44.2 Å². The highest BCUT2D eigenvalue weighted by molar-refractivity contribution is 8.18. The van der Waals surface area contributed by atoms with Gasteiger partial charge in [0.05, 0.1) is 15.5 Å². The zero-order valence-electron chi connectivity index (χ0n) is 25.9. The number of aromatic amines is 1. The molecule has 2 aromatic heterocycles. The third-order valence-electron chi connectivity index (χ3n) is 8.21. The first-order valence-corrected chi connectivity index (χ1v) is 16.2. The number of carbonyl (C=O) groups excluding carboxylic acids is 2. The first-order chi connectivity index (χ1) is 23.3. The molecule has 0 atom stereocenters. The highest BCUT2D eigenvalue weighted by atomic mass is 32.2. The van der Waals surface area contributed by atoms with Crippen LogP contribution < -0.4 is 5.32 Å². The molecule has 0 bridgehead atoms. The van der Waals surface area contributed by atoms with Crippen LogP contribution >= 0.6 is 11.8 Å². The van der Waals surface area contributed by atoms with Gasteiger partial charge in [0.25, 0.3) is 11.6 Å². The molecule has 48 heavy (non-hydrogen) atoms. The molecule has 0 saturated carbocycles. The molecule has 1 aliphatic rings. The van der Waals surface area contributed by atoms with E-state index in [4.69, 9.17) is 4.99 Å². The molecule has 3 heterocycles. The van der Waals surface area contributed by atoms with Gasteiger partial charge in [-0.25, -0.2) is 4.99 Å². The van der Waals surface area contributed by atoms with Crippen molar-refractivity contribution >= 4 is 73.7 Å². The molecule has 2 N–H and O–H groups in total. The smallest absolute Gasteiger partial charge is 0.269 e. The SMILES string of the molecule is Cc1ccc(NC(=O)Cn2cc(/C=C3\SC(=Nc4ccc([N+](=O)[O-])cc4)N(CCc4c[nH]c5ccccc45)C3=O)c3ccccc32)cc1. The predicted octanol–water partition coefficient (Wildman–Crippen LogP) is 7.82. The van der Waals surface area contributed by atoms with Gasteiger partial charge in [-0.05, 0) is 73.1 Å². The maximum atomic E-state index is 14.0. The van der Waals surface area contributed by atoms with E-state index in [1.54, 1.807) is 17.0 Å². The van der Waals surface area contributed by atoms with E-state index in [9.17, 15) is 19.7 Å². The summed E-state index contributed by atoms with van der Waals surface area (Å²) < 4.78 is 1.88. The molecule has 6 aromatic rings. The number of nitrogens with one attached hydrogen (secondary N) is 2. The summed E-state index contributed by atoms with van der Waals surface area (Å²) >= 11 is 1.26. The van der Waals surface area contributed by atoms with Gasteiger partial charge in [0.15, 0.2) is 5.17 Å². The van der Waals surface area contributed by atoms with Gasteiger partial charge in [-0.15, -0.1) is 0 Å². The molecule has 4 aromatic carbocycles. The monoisotopic (exact) mass is 654 g/mol. The Morgan fingerprint density at radius 3 is 2.48 bits per heavy atom. The topological polar surface area (TPSA) is 126 Å². The Balaban J connectivity index is 1.19. The minimum Gasteiger partial charge on any atom is -0.361 e. The summed E-state index contributed by atoms with van der Waals surface area (Å²) in [5.41, 5.74) is 6.10. The first kappa shape index (κ1) is 30.7. The molecular formula is C37H30N6O4S. The fourth-order valence-electron chi connectivity index (χ4n) is 5.77. The molecule has 1 fully saturated rings. The van der Waals surface area contributed by atoms with Crippen LogP contribution in [0, 0.1) is 17.0 Å². The summed E-state index contributed by atoms with van der Waals surface area (Å²) in [6, 6.07) is 29.4. The maximum absolute atomic E-state index is 14.0. The van der Waals surface area contributed by atoms with Crippen molar-refractivity contribution in [2.75, 3.05) is 11.9 Å². The van der Waals surface area contributed by atoms with Gasteiger partial charge in [0, 0.05) is 64.1 Å². The number of H-pyrrole nitrogens is 1. The summed E-state index contributed by atoms with van der Waals surface area (Å²) in [5, 5.41) is 16.6. The minimum atomic E-state index is -0.457. The number of thioether (sulfide) groups is 1. The van der Waals surface area contributed by atoms with E-state index in [2.05, 4.69) is 16.4 Å². The van der Waals surface area contributed by atoms with Gasteiger partial charge in [-0.2, -0.15) is 0 Å². The van der Waals surface area contributed by atoms with Crippen LogP contribution in [-0.2, 0) is 22.6 Å². The Morgan fingerprint density at radius 2 is 1.71 bits per heavy atom. The first-order valence-electron chi connectivity index (χ1n) is 15.4. The fraction of sp³-hybridized carbons (Fsp3) is 0.108.